The first-order chi connectivity index (χ1) is 8.32. The second kappa shape index (κ2) is 6.47. The Morgan fingerprint density at radius 1 is 1.39 bits per heavy atom. The van der Waals surface area contributed by atoms with Crippen LogP contribution in [0.15, 0.2) is 0 Å². The van der Waals surface area contributed by atoms with E-state index >= 15 is 0 Å². The van der Waals surface area contributed by atoms with E-state index in [2.05, 4.69) is 5.10 Å². The van der Waals surface area contributed by atoms with E-state index in [1.54, 1.807) is 19.9 Å². The van der Waals surface area contributed by atoms with Gasteiger partial charge in [0.15, 0.2) is 0 Å². The second-order valence-corrected chi connectivity index (χ2v) is 3.41. The van der Waals surface area contributed by atoms with Crippen LogP contribution in [-0.2, 0) is 0 Å². The fourth-order valence-corrected chi connectivity index (χ4v) is 1.71. The quantitative estimate of drug-likeness (QED) is 0.786. The monoisotopic (exact) mass is 263 g/mol. The van der Waals surface area contributed by atoms with Gasteiger partial charge in [-0.05, 0) is 20.3 Å². The summed E-state index contributed by atoms with van der Waals surface area (Å²) < 4.78 is 38.3. The zero-order chi connectivity index (χ0) is 14.5. The molecule has 0 aliphatic heterocycles. The summed E-state index contributed by atoms with van der Waals surface area (Å²) in [6.07, 6.45) is -2.93. The number of nitrogens with two attached hydrogens (primary N) is 1. The molecule has 104 valence electrons. The van der Waals surface area contributed by atoms with E-state index in [9.17, 15) is 13.2 Å². The summed E-state index contributed by atoms with van der Waals surface area (Å²) in [4.78, 5) is 0.803. The molecule has 2 N–H and O–H groups in total. The van der Waals surface area contributed by atoms with Gasteiger partial charge in [0.2, 0.25) is 0 Å². The van der Waals surface area contributed by atoms with Crippen molar-refractivity contribution >= 4 is 11.6 Å². The van der Waals surface area contributed by atoms with Crippen LogP contribution in [0.25, 0.3) is 11.6 Å². The van der Waals surface area contributed by atoms with E-state index in [1.165, 1.54) is 6.92 Å². The molecule has 6 heteroatoms. The first-order valence-corrected chi connectivity index (χ1v) is 5.90. The van der Waals surface area contributed by atoms with Crippen molar-refractivity contribution in [1.82, 2.24) is 9.89 Å². The number of halogens is 3. The highest BCUT2D eigenvalue weighted by atomic mass is 19.4. The first-order valence-electron chi connectivity index (χ1n) is 5.90. The molecular weight excluding hydrogens is 243 g/mol. The molecule has 0 unspecified atom stereocenters. The van der Waals surface area contributed by atoms with Crippen LogP contribution < -0.4 is 16.4 Å². The number of rotatable bonds is 1. The maximum absolute atomic E-state index is 12.8. The molecule has 0 aliphatic rings. The Balaban J connectivity index is 0.00000137. The topological polar surface area (TPSA) is 43.8 Å². The summed E-state index contributed by atoms with van der Waals surface area (Å²) in [5.74, 6) is 5.46. The lowest BCUT2D eigenvalue weighted by Gasteiger charge is -2.08. The minimum atomic E-state index is -4.38. The fourth-order valence-electron chi connectivity index (χ4n) is 1.71. The molecule has 0 atom stereocenters. The van der Waals surface area contributed by atoms with Gasteiger partial charge in [0, 0.05) is 5.22 Å². The van der Waals surface area contributed by atoms with E-state index in [4.69, 9.17) is 5.84 Å². The van der Waals surface area contributed by atoms with Crippen LogP contribution in [0.5, 0.6) is 0 Å². The van der Waals surface area contributed by atoms with Crippen molar-refractivity contribution < 1.29 is 13.2 Å². The number of hydrogen-bond donors (Lipinski definition) is 1. The predicted octanol–water partition coefficient (Wildman–Crippen LogP) is 1.85. The van der Waals surface area contributed by atoms with Crippen LogP contribution in [0.3, 0.4) is 0 Å². The summed E-state index contributed by atoms with van der Waals surface area (Å²) >= 11 is 0. The standard InChI is InChI=1S/C10H14F3N3.C2H6/c1-4-7-6(3)15-16(14)9(7)8(5-2)10(11,12)13;1-2/h4H,5,14H2,1-3H3;1-2H3/b7-4-,9-8-;. The van der Waals surface area contributed by atoms with Gasteiger partial charge in [-0.1, -0.05) is 26.8 Å². The largest absolute Gasteiger partial charge is 0.414 e. The van der Waals surface area contributed by atoms with E-state index in [-0.39, 0.29) is 11.8 Å². The molecule has 0 spiro atoms. The molecule has 0 amide bonds. The van der Waals surface area contributed by atoms with Crippen molar-refractivity contribution in [2.45, 2.75) is 47.2 Å². The van der Waals surface area contributed by atoms with E-state index in [1.807, 2.05) is 13.8 Å². The fraction of sp³-hybridized carbons (Fsp3) is 0.583. The van der Waals surface area contributed by atoms with Crippen molar-refractivity contribution in [3.63, 3.8) is 0 Å². The van der Waals surface area contributed by atoms with Gasteiger partial charge in [0.25, 0.3) is 0 Å². The van der Waals surface area contributed by atoms with Crippen molar-refractivity contribution in [1.29, 1.82) is 0 Å². The van der Waals surface area contributed by atoms with Gasteiger partial charge in [-0.25, -0.2) is 0 Å². The van der Waals surface area contributed by atoms with Gasteiger partial charge in [0.1, 0.15) is 0 Å². The third-order valence-electron chi connectivity index (χ3n) is 2.40. The SMILES string of the molecule is C/C=c1/c(C)nn(N)/c1=C(/CC)C(F)(F)F.CC. The lowest BCUT2D eigenvalue weighted by molar-refractivity contribution is -0.0727. The molecular formula is C12H20F3N3. The minimum absolute atomic E-state index is 0.0463. The Kier molecular flexibility index (Phi) is 5.94. The summed E-state index contributed by atoms with van der Waals surface area (Å²) in [6, 6.07) is 0. The van der Waals surface area contributed by atoms with Crippen LogP contribution in [-0.4, -0.2) is 16.1 Å². The van der Waals surface area contributed by atoms with Crippen LogP contribution in [0.4, 0.5) is 13.2 Å². The van der Waals surface area contributed by atoms with Crippen LogP contribution >= 0.6 is 0 Å². The average molecular weight is 263 g/mol. The molecule has 0 bridgehead atoms. The third kappa shape index (κ3) is 3.27. The Bertz CT molecular complexity index is 498. The molecule has 3 nitrogen and oxygen atoms in total. The molecule has 0 aromatic carbocycles. The summed E-state index contributed by atoms with van der Waals surface area (Å²) in [5.41, 5.74) is -0.154. The minimum Gasteiger partial charge on any atom is -0.323 e. The van der Waals surface area contributed by atoms with Gasteiger partial charge in [-0.15, -0.1) is 0 Å². The highest BCUT2D eigenvalue weighted by molar-refractivity contribution is 5.49. The maximum atomic E-state index is 12.8. The molecule has 0 fully saturated rings. The Morgan fingerprint density at radius 3 is 2.22 bits per heavy atom. The number of aryl methyl sites for hydroxylation is 1. The average Bonchev–Trinajstić information content (AvgIpc) is 2.56. The van der Waals surface area contributed by atoms with Crippen LogP contribution in [0.1, 0.15) is 39.8 Å². The molecule has 1 aromatic rings. The molecule has 0 saturated carbocycles. The first kappa shape index (κ1) is 16.5. The van der Waals surface area contributed by atoms with Crippen LogP contribution in [0.2, 0.25) is 0 Å². The maximum Gasteiger partial charge on any atom is 0.414 e. The van der Waals surface area contributed by atoms with Gasteiger partial charge >= 0.3 is 6.18 Å². The summed E-state index contributed by atoms with van der Waals surface area (Å²) in [5, 5.41) is 4.20. The highest BCUT2D eigenvalue weighted by Gasteiger charge is 2.34. The number of alkyl halides is 3. The molecule has 1 aromatic heterocycles. The molecule has 0 aliphatic carbocycles. The number of hydrogen-bond acceptors (Lipinski definition) is 2. The smallest absolute Gasteiger partial charge is 0.323 e. The predicted molar refractivity (Wildman–Crippen MR) is 67.6 cm³/mol. The lowest BCUT2D eigenvalue weighted by Crippen LogP contribution is -2.39. The number of aromatic nitrogens is 2. The van der Waals surface area contributed by atoms with Gasteiger partial charge in [0.05, 0.1) is 16.6 Å². The van der Waals surface area contributed by atoms with Crippen molar-refractivity contribution in [3.05, 3.63) is 16.3 Å². The Labute approximate surface area is 105 Å². The molecule has 18 heavy (non-hydrogen) atoms. The Hall–Kier alpha value is -1.46. The van der Waals surface area contributed by atoms with Gasteiger partial charge < -0.3 is 5.84 Å². The highest BCUT2D eigenvalue weighted by Crippen LogP contribution is 2.27. The Morgan fingerprint density at radius 2 is 1.89 bits per heavy atom. The normalized spacial score (nSPS) is 14.1. The molecule has 0 radical (unpaired) electrons. The van der Waals surface area contributed by atoms with E-state index in [0.29, 0.717) is 10.9 Å². The summed E-state index contributed by atoms with van der Waals surface area (Å²) in [7, 11) is 0. The zero-order valence-electron chi connectivity index (χ0n) is 11.4. The molecule has 1 rings (SSSR count). The second-order valence-electron chi connectivity index (χ2n) is 3.41. The van der Waals surface area contributed by atoms with E-state index in [0.717, 1.165) is 4.79 Å². The number of nitrogen functional groups attached to an aromatic ring is 1. The van der Waals surface area contributed by atoms with Gasteiger partial charge in [-0.2, -0.15) is 23.1 Å². The molecule has 1 heterocycles. The van der Waals surface area contributed by atoms with Crippen molar-refractivity contribution in [2.75, 3.05) is 5.84 Å². The summed E-state index contributed by atoms with van der Waals surface area (Å²) in [6.45, 7) is 8.74. The van der Waals surface area contributed by atoms with Crippen molar-refractivity contribution in [3.8, 4) is 0 Å². The van der Waals surface area contributed by atoms with E-state index < -0.39 is 11.7 Å². The van der Waals surface area contributed by atoms with Crippen molar-refractivity contribution in [2.24, 2.45) is 0 Å². The van der Waals surface area contributed by atoms with Gasteiger partial charge in [-0.3, -0.25) is 0 Å². The lowest BCUT2D eigenvalue weighted by atomic mass is 10.1. The zero-order valence-corrected chi connectivity index (χ0v) is 11.4. The number of nitrogens with zero attached hydrogens (tertiary/aromatic N) is 2. The third-order valence-corrected chi connectivity index (χ3v) is 2.40. The van der Waals surface area contributed by atoms with Crippen LogP contribution in [0, 0.1) is 6.92 Å². The molecule has 0 saturated heterocycles.